The fourth-order valence-corrected chi connectivity index (χ4v) is 5.11. The molecular weight excluding hydrogens is 516 g/mol. The number of anilines is 3. The lowest BCUT2D eigenvalue weighted by Crippen LogP contribution is -2.21. The Bertz CT molecular complexity index is 1480. The third-order valence-corrected chi connectivity index (χ3v) is 7.36. The van der Waals surface area contributed by atoms with Crippen LogP contribution < -0.4 is 21.9 Å². The summed E-state index contributed by atoms with van der Waals surface area (Å²) < 4.78 is 3.14. The highest BCUT2D eigenvalue weighted by molar-refractivity contribution is 6.03. The van der Waals surface area contributed by atoms with E-state index in [9.17, 15) is 9.59 Å². The van der Waals surface area contributed by atoms with Crippen molar-refractivity contribution in [2.75, 3.05) is 17.7 Å². The van der Waals surface area contributed by atoms with Crippen molar-refractivity contribution in [2.45, 2.75) is 84.0 Å². The zero-order chi connectivity index (χ0) is 29.0. The van der Waals surface area contributed by atoms with Gasteiger partial charge in [-0.1, -0.05) is 71.1 Å². The maximum absolute atomic E-state index is 13.4. The zero-order valence-corrected chi connectivity index (χ0v) is 24.2. The van der Waals surface area contributed by atoms with Crippen LogP contribution in [0.1, 0.15) is 93.5 Å². The van der Waals surface area contributed by atoms with Gasteiger partial charge in [0.05, 0.1) is 5.69 Å². The number of rotatable bonds is 17. The van der Waals surface area contributed by atoms with Crippen molar-refractivity contribution < 1.29 is 4.79 Å². The summed E-state index contributed by atoms with van der Waals surface area (Å²) in [4.78, 5) is 34.4. The summed E-state index contributed by atoms with van der Waals surface area (Å²) in [5, 5.41) is 10.7. The molecule has 0 spiro atoms. The lowest BCUT2D eigenvalue weighted by molar-refractivity contribution is 0.100. The molecule has 10 nitrogen and oxygen atoms in total. The molecule has 4 heterocycles. The number of unbranched alkanes of at least 4 members (excludes halogenated alkanes) is 10. The maximum atomic E-state index is 13.4. The number of carbonyl (C=O) groups excluding carboxylic acids is 1. The summed E-state index contributed by atoms with van der Waals surface area (Å²) in [5.41, 5.74) is 7.99. The molecule has 0 saturated carbocycles. The summed E-state index contributed by atoms with van der Waals surface area (Å²) in [6.07, 6.45) is 21.5. The second-order valence-electron chi connectivity index (χ2n) is 10.4. The van der Waals surface area contributed by atoms with E-state index >= 15 is 0 Å². The smallest absolute Gasteiger partial charge is 0.278 e. The normalized spacial score (nSPS) is 11.2. The van der Waals surface area contributed by atoms with Gasteiger partial charge in [0, 0.05) is 37.4 Å². The number of pyridine rings is 2. The van der Waals surface area contributed by atoms with Crippen molar-refractivity contribution in [1.82, 2.24) is 24.1 Å². The Balaban J connectivity index is 1.51. The summed E-state index contributed by atoms with van der Waals surface area (Å²) in [5.74, 6) is 0.252. The first-order valence-corrected chi connectivity index (χ1v) is 14.8. The molecule has 0 aliphatic heterocycles. The standard InChI is InChI=1S/C31H42N8O2/c1-3-4-5-6-7-8-9-10-11-12-13-15-23-22-39-30(26(27(32)40)29(33-2)37-39)36-28(23)35-25-16-14-21-38(31(25)41)24-17-19-34-20-18-24/h14,16-22H,3-13,15H2,1-2H3,(H2,32,40)(H,33,37)(H,35,36). The molecule has 4 aromatic heterocycles. The number of aryl methyl sites for hydroxylation is 1. The van der Waals surface area contributed by atoms with Crippen molar-refractivity contribution in [3.8, 4) is 5.69 Å². The van der Waals surface area contributed by atoms with Gasteiger partial charge in [-0.2, -0.15) is 0 Å². The van der Waals surface area contributed by atoms with Gasteiger partial charge in [-0.3, -0.25) is 19.1 Å². The van der Waals surface area contributed by atoms with Gasteiger partial charge in [-0.25, -0.2) is 9.50 Å². The molecule has 0 bridgehead atoms. The molecule has 0 aliphatic carbocycles. The van der Waals surface area contributed by atoms with Gasteiger partial charge >= 0.3 is 0 Å². The van der Waals surface area contributed by atoms with Gasteiger partial charge in [0.1, 0.15) is 17.1 Å². The third-order valence-electron chi connectivity index (χ3n) is 7.36. The van der Waals surface area contributed by atoms with Crippen LogP contribution in [0.2, 0.25) is 0 Å². The number of hydrogen-bond donors (Lipinski definition) is 3. The zero-order valence-electron chi connectivity index (χ0n) is 24.2. The molecule has 10 heteroatoms. The Hall–Kier alpha value is -4.21. The van der Waals surface area contributed by atoms with E-state index in [-0.39, 0.29) is 11.1 Å². The first-order valence-electron chi connectivity index (χ1n) is 14.8. The summed E-state index contributed by atoms with van der Waals surface area (Å²) in [6.45, 7) is 2.25. The lowest BCUT2D eigenvalue weighted by Gasteiger charge is -2.13. The second-order valence-corrected chi connectivity index (χ2v) is 10.4. The van der Waals surface area contributed by atoms with E-state index in [2.05, 4.69) is 27.6 Å². The van der Waals surface area contributed by atoms with Crippen molar-refractivity contribution in [2.24, 2.45) is 5.73 Å². The van der Waals surface area contributed by atoms with E-state index in [4.69, 9.17) is 10.7 Å². The SMILES string of the molecule is CCCCCCCCCCCCCc1cn2nc(NC)c(C(N)=O)c2nc1Nc1cccn(-c2ccncc2)c1=O. The van der Waals surface area contributed by atoms with Crippen LogP contribution in [0.15, 0.2) is 53.8 Å². The van der Waals surface area contributed by atoms with E-state index < -0.39 is 5.91 Å². The molecule has 0 aliphatic rings. The molecule has 0 unspecified atom stereocenters. The molecular formula is C31H42N8O2. The van der Waals surface area contributed by atoms with E-state index in [0.29, 0.717) is 28.7 Å². The number of nitrogens with zero attached hydrogens (tertiary/aromatic N) is 5. The van der Waals surface area contributed by atoms with Gasteiger partial charge in [-0.05, 0) is 37.1 Å². The van der Waals surface area contributed by atoms with Crippen LogP contribution in [0, 0.1) is 0 Å². The van der Waals surface area contributed by atoms with E-state index in [1.165, 1.54) is 57.8 Å². The van der Waals surface area contributed by atoms with Crippen LogP contribution in [0.25, 0.3) is 11.3 Å². The highest BCUT2D eigenvalue weighted by Crippen LogP contribution is 2.25. The molecule has 0 aromatic carbocycles. The Morgan fingerprint density at radius 3 is 2.22 bits per heavy atom. The second kappa shape index (κ2) is 15.0. The highest BCUT2D eigenvalue weighted by Gasteiger charge is 2.21. The number of carbonyl (C=O) groups is 1. The average molecular weight is 559 g/mol. The van der Waals surface area contributed by atoms with Crippen LogP contribution in [0.5, 0.6) is 0 Å². The van der Waals surface area contributed by atoms with Crippen molar-refractivity contribution in [3.05, 3.63) is 70.5 Å². The quantitative estimate of drug-likeness (QED) is 0.135. The van der Waals surface area contributed by atoms with E-state index in [1.807, 2.05) is 6.20 Å². The van der Waals surface area contributed by atoms with Gasteiger partial charge in [0.25, 0.3) is 11.5 Å². The highest BCUT2D eigenvalue weighted by atomic mass is 16.1. The van der Waals surface area contributed by atoms with E-state index in [1.54, 1.807) is 59.0 Å². The molecule has 41 heavy (non-hydrogen) atoms. The van der Waals surface area contributed by atoms with Gasteiger partial charge < -0.3 is 16.4 Å². The third kappa shape index (κ3) is 7.71. The van der Waals surface area contributed by atoms with Crippen LogP contribution >= 0.6 is 0 Å². The largest absolute Gasteiger partial charge is 0.371 e. The van der Waals surface area contributed by atoms with Gasteiger partial charge in [-0.15, -0.1) is 5.10 Å². The Morgan fingerprint density at radius 2 is 1.59 bits per heavy atom. The summed E-state index contributed by atoms with van der Waals surface area (Å²) >= 11 is 0. The summed E-state index contributed by atoms with van der Waals surface area (Å²) in [6, 6.07) is 7.08. The first-order chi connectivity index (χ1) is 20.0. The number of aromatic nitrogens is 5. The number of hydrogen-bond acceptors (Lipinski definition) is 7. The maximum Gasteiger partial charge on any atom is 0.278 e. The molecule has 1 amide bonds. The molecule has 0 atom stereocenters. The fourth-order valence-electron chi connectivity index (χ4n) is 5.11. The number of fused-ring (bicyclic) bond motifs is 1. The van der Waals surface area contributed by atoms with Gasteiger partial charge in [0.15, 0.2) is 11.5 Å². The predicted octanol–water partition coefficient (Wildman–Crippen LogP) is 6.01. The summed E-state index contributed by atoms with van der Waals surface area (Å²) in [7, 11) is 1.69. The molecule has 0 fully saturated rings. The minimum atomic E-state index is -0.624. The minimum absolute atomic E-state index is 0.207. The van der Waals surface area contributed by atoms with Crippen LogP contribution in [-0.2, 0) is 6.42 Å². The molecule has 4 rings (SSSR count). The number of amides is 1. The van der Waals surface area contributed by atoms with Crippen molar-refractivity contribution >= 4 is 28.9 Å². The van der Waals surface area contributed by atoms with Crippen LogP contribution in [-0.4, -0.2) is 37.1 Å². The van der Waals surface area contributed by atoms with Crippen LogP contribution in [0.4, 0.5) is 17.3 Å². The molecule has 218 valence electrons. The number of nitrogens with one attached hydrogen (secondary N) is 2. The fraction of sp³-hybridized carbons (Fsp3) is 0.452. The Morgan fingerprint density at radius 1 is 0.927 bits per heavy atom. The van der Waals surface area contributed by atoms with Crippen molar-refractivity contribution in [1.29, 1.82) is 0 Å². The average Bonchev–Trinajstić information content (AvgIpc) is 3.35. The lowest BCUT2D eigenvalue weighted by atomic mass is 10.0. The number of nitrogens with two attached hydrogens (primary N) is 1. The van der Waals surface area contributed by atoms with Crippen molar-refractivity contribution in [3.63, 3.8) is 0 Å². The first kappa shape index (κ1) is 29.8. The number of primary amides is 1. The topological polar surface area (TPSA) is 132 Å². The van der Waals surface area contributed by atoms with Crippen LogP contribution in [0.3, 0.4) is 0 Å². The van der Waals surface area contributed by atoms with Gasteiger partial charge in [0.2, 0.25) is 0 Å². The minimum Gasteiger partial charge on any atom is -0.371 e. The molecule has 4 N–H and O–H groups in total. The Kier molecular flexibility index (Phi) is 10.9. The molecule has 0 radical (unpaired) electrons. The molecule has 0 saturated heterocycles. The Labute approximate surface area is 241 Å². The van der Waals surface area contributed by atoms with E-state index in [0.717, 1.165) is 24.8 Å². The molecule has 4 aromatic rings. The predicted molar refractivity (Wildman–Crippen MR) is 164 cm³/mol. The monoisotopic (exact) mass is 558 g/mol.